The molecule has 1 unspecified atom stereocenters. The quantitative estimate of drug-likeness (QED) is 0.781. The lowest BCUT2D eigenvalue weighted by molar-refractivity contribution is -0.140. The Labute approximate surface area is 114 Å². The number of aliphatic hydroxyl groups is 1. The molecule has 0 radical (unpaired) electrons. The van der Waals surface area contributed by atoms with E-state index >= 15 is 0 Å². The van der Waals surface area contributed by atoms with E-state index in [4.69, 9.17) is 0 Å². The lowest BCUT2D eigenvalue weighted by Crippen LogP contribution is -2.45. The summed E-state index contributed by atoms with van der Waals surface area (Å²) >= 11 is 0. The summed E-state index contributed by atoms with van der Waals surface area (Å²) < 4.78 is 0. The van der Waals surface area contributed by atoms with Crippen LogP contribution in [-0.2, 0) is 9.59 Å². The number of likely N-dealkylation sites (tertiary alicyclic amines) is 1. The average molecular weight is 268 g/mol. The lowest BCUT2D eigenvalue weighted by Gasteiger charge is -2.33. The maximum absolute atomic E-state index is 11.7. The summed E-state index contributed by atoms with van der Waals surface area (Å²) in [5.41, 5.74) is 0. The van der Waals surface area contributed by atoms with Crippen molar-refractivity contribution in [3.8, 4) is 0 Å². The summed E-state index contributed by atoms with van der Waals surface area (Å²) in [5.74, 6) is 0.727. The van der Waals surface area contributed by atoms with Gasteiger partial charge in [0, 0.05) is 25.6 Å². The first-order chi connectivity index (χ1) is 9.08. The summed E-state index contributed by atoms with van der Waals surface area (Å²) in [4.78, 5) is 25.1. The second-order valence-corrected chi connectivity index (χ2v) is 5.82. The second kappa shape index (κ2) is 6.37. The van der Waals surface area contributed by atoms with Crippen molar-refractivity contribution in [2.24, 2.45) is 11.8 Å². The molecule has 1 aliphatic carbocycles. The zero-order valence-corrected chi connectivity index (χ0v) is 11.6. The molecule has 108 valence electrons. The molecule has 2 fully saturated rings. The zero-order chi connectivity index (χ0) is 13.8. The highest BCUT2D eigenvalue weighted by Gasteiger charge is 2.27. The second-order valence-electron chi connectivity index (χ2n) is 5.82. The fourth-order valence-electron chi connectivity index (χ4n) is 2.68. The summed E-state index contributed by atoms with van der Waals surface area (Å²) in [6.45, 7) is 3.61. The summed E-state index contributed by atoms with van der Waals surface area (Å²) in [6.07, 6.45) is 4.15. The van der Waals surface area contributed by atoms with Crippen molar-refractivity contribution in [3.63, 3.8) is 0 Å². The van der Waals surface area contributed by atoms with Gasteiger partial charge in [0.1, 0.15) is 6.10 Å². The fraction of sp³-hybridized carbons (Fsp3) is 0.857. The Kier molecular flexibility index (Phi) is 4.80. The molecule has 0 aromatic heterocycles. The molecule has 5 nitrogen and oxygen atoms in total. The topological polar surface area (TPSA) is 69.6 Å². The molecular weight excluding hydrogens is 244 g/mol. The van der Waals surface area contributed by atoms with Crippen molar-refractivity contribution < 1.29 is 14.7 Å². The van der Waals surface area contributed by atoms with Crippen LogP contribution < -0.4 is 5.32 Å². The number of nitrogens with one attached hydrogen (secondary N) is 1. The number of amides is 2. The molecule has 1 aliphatic heterocycles. The van der Waals surface area contributed by atoms with Crippen LogP contribution in [-0.4, -0.2) is 47.6 Å². The molecule has 0 spiro atoms. The van der Waals surface area contributed by atoms with Gasteiger partial charge >= 0.3 is 0 Å². The minimum Gasteiger partial charge on any atom is -0.384 e. The highest BCUT2D eigenvalue weighted by atomic mass is 16.3. The maximum atomic E-state index is 11.7. The van der Waals surface area contributed by atoms with E-state index in [1.807, 2.05) is 0 Å². The van der Waals surface area contributed by atoms with Gasteiger partial charge in [0.15, 0.2) is 0 Å². The highest BCUT2D eigenvalue weighted by Crippen LogP contribution is 2.26. The molecule has 2 N–H and O–H groups in total. The van der Waals surface area contributed by atoms with Crippen LogP contribution in [0.3, 0.4) is 0 Å². The SMILES string of the molecule is CC(O)C(=O)N1CCC(CNC(=O)C2CCC2)CC1. The number of nitrogens with zero attached hydrogens (tertiary/aromatic N) is 1. The third-order valence-corrected chi connectivity index (χ3v) is 4.32. The van der Waals surface area contributed by atoms with Crippen LogP contribution in [0.25, 0.3) is 0 Å². The van der Waals surface area contributed by atoms with Crippen LogP contribution in [0.1, 0.15) is 39.0 Å². The molecule has 1 atom stereocenters. The van der Waals surface area contributed by atoms with E-state index in [0.717, 1.165) is 32.2 Å². The summed E-state index contributed by atoms with van der Waals surface area (Å²) in [5, 5.41) is 12.3. The number of rotatable bonds is 4. The van der Waals surface area contributed by atoms with Crippen molar-refractivity contribution in [1.82, 2.24) is 10.2 Å². The van der Waals surface area contributed by atoms with Gasteiger partial charge in [0.2, 0.25) is 5.91 Å². The molecular formula is C14H24N2O3. The summed E-state index contributed by atoms with van der Waals surface area (Å²) in [6, 6.07) is 0. The van der Waals surface area contributed by atoms with Crippen LogP contribution >= 0.6 is 0 Å². The van der Waals surface area contributed by atoms with Crippen molar-refractivity contribution in [3.05, 3.63) is 0 Å². The Balaban J connectivity index is 1.65. The number of carbonyl (C=O) groups excluding carboxylic acids is 2. The number of carbonyl (C=O) groups is 2. The van der Waals surface area contributed by atoms with E-state index < -0.39 is 6.10 Å². The molecule has 0 aromatic rings. The molecule has 2 rings (SSSR count). The van der Waals surface area contributed by atoms with E-state index in [-0.39, 0.29) is 17.7 Å². The third-order valence-electron chi connectivity index (χ3n) is 4.32. The molecule has 0 bridgehead atoms. The molecule has 5 heteroatoms. The van der Waals surface area contributed by atoms with Gasteiger partial charge in [-0.1, -0.05) is 6.42 Å². The first-order valence-corrected chi connectivity index (χ1v) is 7.32. The van der Waals surface area contributed by atoms with Crippen LogP contribution in [0.15, 0.2) is 0 Å². The molecule has 1 heterocycles. The van der Waals surface area contributed by atoms with Crippen LogP contribution in [0, 0.1) is 11.8 Å². The van der Waals surface area contributed by atoms with Crippen molar-refractivity contribution in [2.75, 3.05) is 19.6 Å². The smallest absolute Gasteiger partial charge is 0.251 e. The largest absolute Gasteiger partial charge is 0.384 e. The van der Waals surface area contributed by atoms with Gasteiger partial charge in [-0.25, -0.2) is 0 Å². The van der Waals surface area contributed by atoms with Gasteiger partial charge in [-0.3, -0.25) is 9.59 Å². The van der Waals surface area contributed by atoms with Gasteiger partial charge in [-0.05, 0) is 38.5 Å². The number of hydrogen-bond donors (Lipinski definition) is 2. The van der Waals surface area contributed by atoms with Crippen molar-refractivity contribution >= 4 is 11.8 Å². The Morgan fingerprint density at radius 2 is 1.89 bits per heavy atom. The third kappa shape index (κ3) is 3.69. The van der Waals surface area contributed by atoms with E-state index in [9.17, 15) is 14.7 Å². The molecule has 1 saturated carbocycles. The van der Waals surface area contributed by atoms with Gasteiger partial charge < -0.3 is 15.3 Å². The predicted molar refractivity (Wildman–Crippen MR) is 71.3 cm³/mol. The monoisotopic (exact) mass is 268 g/mol. The van der Waals surface area contributed by atoms with Crippen LogP contribution in [0.4, 0.5) is 0 Å². The summed E-state index contributed by atoms with van der Waals surface area (Å²) in [7, 11) is 0. The first-order valence-electron chi connectivity index (χ1n) is 7.32. The number of piperidine rings is 1. The van der Waals surface area contributed by atoms with Crippen LogP contribution in [0.5, 0.6) is 0 Å². The molecule has 19 heavy (non-hydrogen) atoms. The molecule has 2 aliphatic rings. The lowest BCUT2D eigenvalue weighted by atomic mass is 9.84. The fourth-order valence-corrected chi connectivity index (χ4v) is 2.68. The highest BCUT2D eigenvalue weighted by molar-refractivity contribution is 5.80. The minimum atomic E-state index is -0.908. The standard InChI is InChI=1S/C14H24N2O3/c1-10(17)14(19)16-7-5-11(6-8-16)9-15-13(18)12-3-2-4-12/h10-12,17H,2-9H2,1H3,(H,15,18). The molecule has 1 saturated heterocycles. The Hall–Kier alpha value is -1.10. The zero-order valence-electron chi connectivity index (χ0n) is 11.6. The molecule has 2 amide bonds. The van der Waals surface area contributed by atoms with Gasteiger partial charge in [-0.2, -0.15) is 0 Å². The minimum absolute atomic E-state index is 0.183. The average Bonchev–Trinajstić information content (AvgIpc) is 2.34. The normalized spacial score (nSPS) is 22.7. The van der Waals surface area contributed by atoms with Gasteiger partial charge in [0.25, 0.3) is 5.91 Å². The number of hydrogen-bond acceptors (Lipinski definition) is 3. The van der Waals surface area contributed by atoms with Crippen molar-refractivity contribution in [2.45, 2.75) is 45.1 Å². The maximum Gasteiger partial charge on any atom is 0.251 e. The van der Waals surface area contributed by atoms with Crippen molar-refractivity contribution in [1.29, 1.82) is 0 Å². The molecule has 0 aromatic carbocycles. The van der Waals surface area contributed by atoms with Gasteiger partial charge in [0.05, 0.1) is 0 Å². The van der Waals surface area contributed by atoms with E-state index in [0.29, 0.717) is 19.0 Å². The predicted octanol–water partition coefficient (Wildman–Crippen LogP) is 0.522. The first kappa shape index (κ1) is 14.3. The number of aliphatic hydroxyl groups excluding tert-OH is 1. The van der Waals surface area contributed by atoms with Gasteiger partial charge in [-0.15, -0.1) is 0 Å². The Morgan fingerprint density at radius 3 is 2.37 bits per heavy atom. The Bertz CT molecular complexity index is 332. The van der Waals surface area contributed by atoms with E-state index in [1.165, 1.54) is 13.3 Å². The Morgan fingerprint density at radius 1 is 1.26 bits per heavy atom. The van der Waals surface area contributed by atoms with E-state index in [1.54, 1.807) is 4.90 Å². The van der Waals surface area contributed by atoms with E-state index in [2.05, 4.69) is 5.32 Å². The van der Waals surface area contributed by atoms with Crippen LogP contribution in [0.2, 0.25) is 0 Å².